The molecule has 1 aromatic carbocycles. The topological polar surface area (TPSA) is 77.9 Å². The summed E-state index contributed by atoms with van der Waals surface area (Å²) in [7, 11) is -3.82. The lowest BCUT2D eigenvalue weighted by Gasteiger charge is -2.26. The first-order valence-corrected chi connectivity index (χ1v) is 9.02. The van der Waals surface area contributed by atoms with Gasteiger partial charge in [0, 0.05) is 19.1 Å². The van der Waals surface area contributed by atoms with Crippen LogP contribution < -0.4 is 0 Å². The molecule has 23 heavy (non-hydrogen) atoms. The number of benzene rings is 1. The van der Waals surface area contributed by atoms with E-state index >= 15 is 0 Å². The van der Waals surface area contributed by atoms with E-state index in [9.17, 15) is 17.6 Å². The van der Waals surface area contributed by atoms with Crippen molar-refractivity contribution >= 4 is 16.0 Å². The van der Waals surface area contributed by atoms with Crippen molar-refractivity contribution < 1.29 is 22.7 Å². The van der Waals surface area contributed by atoms with Gasteiger partial charge in [-0.15, -0.1) is 0 Å². The van der Waals surface area contributed by atoms with Gasteiger partial charge in [0.1, 0.15) is 5.82 Å². The Balaban J connectivity index is 2.26. The molecule has 1 fully saturated rings. The van der Waals surface area contributed by atoms with E-state index in [-0.39, 0.29) is 10.9 Å². The maximum Gasteiger partial charge on any atom is 0.338 e. The summed E-state index contributed by atoms with van der Waals surface area (Å²) in [6.45, 7) is 6.48. The van der Waals surface area contributed by atoms with Gasteiger partial charge in [-0.1, -0.05) is 13.8 Å². The van der Waals surface area contributed by atoms with Gasteiger partial charge in [0.2, 0.25) is 10.0 Å². The molecule has 1 N–H and O–H groups in total. The van der Waals surface area contributed by atoms with E-state index in [1.54, 1.807) is 0 Å². The number of nitrogens with zero attached hydrogens (tertiary/aromatic N) is 2. The summed E-state index contributed by atoms with van der Waals surface area (Å²) in [6, 6.07) is 3.03. The Morgan fingerprint density at radius 3 is 2.61 bits per heavy atom. The van der Waals surface area contributed by atoms with Gasteiger partial charge in [0.15, 0.2) is 0 Å². The average molecular weight is 344 g/mol. The number of hydrogen-bond donors (Lipinski definition) is 1. The van der Waals surface area contributed by atoms with E-state index < -0.39 is 27.4 Å². The van der Waals surface area contributed by atoms with Crippen molar-refractivity contribution in [2.24, 2.45) is 0 Å². The Morgan fingerprint density at radius 1 is 1.39 bits per heavy atom. The van der Waals surface area contributed by atoms with E-state index in [2.05, 4.69) is 4.90 Å². The Labute approximate surface area is 135 Å². The molecule has 0 bridgehead atoms. The highest BCUT2D eigenvalue weighted by Gasteiger charge is 2.35. The number of rotatable bonds is 6. The second-order valence-electron chi connectivity index (χ2n) is 5.47. The Bertz CT molecular complexity index is 689. The number of aromatic carboxylic acids is 1. The fourth-order valence-electron chi connectivity index (χ4n) is 2.94. The van der Waals surface area contributed by atoms with Crippen molar-refractivity contribution in [2.75, 3.05) is 26.2 Å². The summed E-state index contributed by atoms with van der Waals surface area (Å²) >= 11 is 0. The highest BCUT2D eigenvalue weighted by Crippen LogP contribution is 2.25. The lowest BCUT2D eigenvalue weighted by Crippen LogP contribution is -2.38. The minimum absolute atomic E-state index is 0.152. The zero-order chi connectivity index (χ0) is 17.2. The fraction of sp³-hybridized carbons (Fsp3) is 0.533. The average Bonchev–Trinajstić information content (AvgIpc) is 2.99. The first kappa shape index (κ1) is 17.8. The maximum atomic E-state index is 13.4. The Kier molecular flexibility index (Phi) is 5.38. The van der Waals surface area contributed by atoms with Crippen molar-refractivity contribution in [3.8, 4) is 0 Å². The van der Waals surface area contributed by atoms with Crippen LogP contribution in [0.4, 0.5) is 4.39 Å². The summed E-state index contributed by atoms with van der Waals surface area (Å²) in [5.41, 5.74) is -0.634. The van der Waals surface area contributed by atoms with Gasteiger partial charge in [0.25, 0.3) is 0 Å². The minimum Gasteiger partial charge on any atom is -0.478 e. The van der Waals surface area contributed by atoms with Gasteiger partial charge in [-0.25, -0.2) is 17.6 Å². The van der Waals surface area contributed by atoms with Gasteiger partial charge in [-0.3, -0.25) is 4.90 Å². The predicted molar refractivity (Wildman–Crippen MR) is 83.4 cm³/mol. The number of hydrogen-bond acceptors (Lipinski definition) is 4. The molecule has 0 amide bonds. The predicted octanol–water partition coefficient (Wildman–Crippen LogP) is 1.63. The molecule has 0 aromatic heterocycles. The van der Waals surface area contributed by atoms with Gasteiger partial charge < -0.3 is 5.11 Å². The molecule has 1 atom stereocenters. The molecule has 1 aliphatic rings. The van der Waals surface area contributed by atoms with Crippen molar-refractivity contribution in [3.63, 3.8) is 0 Å². The van der Waals surface area contributed by atoms with Gasteiger partial charge in [0.05, 0.1) is 10.5 Å². The van der Waals surface area contributed by atoms with E-state index in [0.29, 0.717) is 13.1 Å². The lowest BCUT2D eigenvalue weighted by atomic mass is 10.2. The molecule has 0 radical (unpaired) electrons. The van der Waals surface area contributed by atoms with Crippen LogP contribution in [0.1, 0.15) is 30.6 Å². The van der Waals surface area contributed by atoms with Gasteiger partial charge in [-0.2, -0.15) is 4.31 Å². The van der Waals surface area contributed by atoms with Crippen LogP contribution in [0.5, 0.6) is 0 Å². The summed E-state index contributed by atoms with van der Waals surface area (Å²) < 4.78 is 40.1. The van der Waals surface area contributed by atoms with Crippen molar-refractivity contribution in [2.45, 2.75) is 31.2 Å². The van der Waals surface area contributed by atoms with Crippen molar-refractivity contribution in [3.05, 3.63) is 29.6 Å². The maximum absolute atomic E-state index is 13.4. The second-order valence-corrected chi connectivity index (χ2v) is 7.41. The van der Waals surface area contributed by atoms with Gasteiger partial charge >= 0.3 is 5.97 Å². The van der Waals surface area contributed by atoms with Crippen LogP contribution in [-0.4, -0.2) is 60.9 Å². The van der Waals surface area contributed by atoms with Crippen molar-refractivity contribution in [1.29, 1.82) is 0 Å². The largest absolute Gasteiger partial charge is 0.478 e. The molecule has 1 unspecified atom stereocenters. The van der Waals surface area contributed by atoms with Crippen LogP contribution in [0.2, 0.25) is 0 Å². The fourth-order valence-corrected chi connectivity index (χ4v) is 4.46. The highest BCUT2D eigenvalue weighted by molar-refractivity contribution is 7.89. The van der Waals surface area contributed by atoms with Crippen LogP contribution in [0.25, 0.3) is 0 Å². The molecule has 8 heteroatoms. The molecule has 0 aliphatic carbocycles. The Morgan fingerprint density at radius 2 is 2.04 bits per heavy atom. The highest BCUT2D eigenvalue weighted by atomic mass is 32.2. The molecular weight excluding hydrogens is 323 g/mol. The first-order valence-electron chi connectivity index (χ1n) is 7.58. The van der Waals surface area contributed by atoms with Crippen LogP contribution in [0.3, 0.4) is 0 Å². The van der Waals surface area contributed by atoms with Gasteiger partial charge in [-0.05, 0) is 37.7 Å². The number of carboxylic acid groups (broad SMARTS) is 1. The first-order chi connectivity index (χ1) is 10.8. The smallest absolute Gasteiger partial charge is 0.338 e. The monoisotopic (exact) mass is 344 g/mol. The molecule has 6 nitrogen and oxygen atoms in total. The standard InChI is InChI=1S/C15H21FN2O4S/c1-3-17(4-2)11-7-8-18(10-11)23(21,22)12-5-6-14(16)13(9-12)15(19)20/h5-6,9,11H,3-4,7-8,10H2,1-2H3,(H,19,20). The summed E-state index contributed by atoms with van der Waals surface area (Å²) in [6.07, 6.45) is 0.730. The molecule has 0 saturated carbocycles. The zero-order valence-electron chi connectivity index (χ0n) is 13.2. The number of carboxylic acids is 1. The van der Waals surface area contributed by atoms with E-state index in [1.807, 2.05) is 13.8 Å². The molecule has 2 rings (SSSR count). The van der Waals surface area contributed by atoms with Crippen LogP contribution in [-0.2, 0) is 10.0 Å². The Hall–Kier alpha value is -1.51. The molecule has 1 saturated heterocycles. The van der Waals surface area contributed by atoms with E-state index in [1.165, 1.54) is 4.31 Å². The summed E-state index contributed by atoms with van der Waals surface area (Å²) in [5.74, 6) is -2.43. The quantitative estimate of drug-likeness (QED) is 0.849. The molecular formula is C15H21FN2O4S. The third kappa shape index (κ3) is 3.54. The van der Waals surface area contributed by atoms with Crippen LogP contribution in [0, 0.1) is 5.82 Å². The zero-order valence-corrected chi connectivity index (χ0v) is 14.0. The summed E-state index contributed by atoms with van der Waals surface area (Å²) in [5, 5.41) is 8.94. The SMILES string of the molecule is CCN(CC)C1CCN(S(=O)(=O)c2ccc(F)c(C(=O)O)c2)C1. The molecule has 128 valence electrons. The molecule has 1 aliphatic heterocycles. The normalized spacial score (nSPS) is 19.4. The summed E-state index contributed by atoms with van der Waals surface area (Å²) in [4.78, 5) is 13.0. The number of halogens is 1. The van der Waals surface area contributed by atoms with Crippen LogP contribution >= 0.6 is 0 Å². The minimum atomic E-state index is -3.82. The third-order valence-electron chi connectivity index (χ3n) is 4.26. The second kappa shape index (κ2) is 6.94. The van der Waals surface area contributed by atoms with E-state index in [4.69, 9.17) is 5.11 Å². The molecule has 0 spiro atoms. The molecule has 1 heterocycles. The van der Waals surface area contributed by atoms with E-state index in [0.717, 1.165) is 37.7 Å². The number of sulfonamides is 1. The van der Waals surface area contributed by atoms with Crippen LogP contribution in [0.15, 0.2) is 23.1 Å². The van der Waals surface area contributed by atoms with Crippen molar-refractivity contribution in [1.82, 2.24) is 9.21 Å². The molecule has 1 aromatic rings. The number of likely N-dealkylation sites (N-methyl/N-ethyl adjacent to an activating group) is 1. The third-order valence-corrected chi connectivity index (χ3v) is 6.12. The number of carbonyl (C=O) groups is 1. The lowest BCUT2D eigenvalue weighted by molar-refractivity contribution is 0.0691.